The minimum Gasteiger partial charge on any atom is -0.330 e. The van der Waals surface area contributed by atoms with Crippen molar-refractivity contribution in [2.45, 2.75) is 12.1 Å². The Morgan fingerprint density at radius 1 is 1.50 bits per heavy atom. The van der Waals surface area contributed by atoms with E-state index in [4.69, 9.17) is 17.3 Å². The lowest BCUT2D eigenvalue weighted by Gasteiger charge is -2.19. The SMILES string of the molecule is NCC(c1cccnc1Cl)C(F)(F)F. The van der Waals surface area contributed by atoms with Gasteiger partial charge in [0, 0.05) is 18.3 Å². The van der Waals surface area contributed by atoms with Gasteiger partial charge in [0.15, 0.2) is 0 Å². The van der Waals surface area contributed by atoms with Gasteiger partial charge in [0.1, 0.15) is 5.15 Å². The summed E-state index contributed by atoms with van der Waals surface area (Å²) in [6.45, 7) is -0.533. The molecule has 1 rings (SSSR count). The third-order valence-corrected chi connectivity index (χ3v) is 2.11. The van der Waals surface area contributed by atoms with Gasteiger partial charge < -0.3 is 5.73 Å². The maximum atomic E-state index is 12.4. The molecule has 1 aromatic heterocycles. The number of rotatable bonds is 2. The van der Waals surface area contributed by atoms with Crippen molar-refractivity contribution in [3.8, 4) is 0 Å². The van der Waals surface area contributed by atoms with Crippen molar-refractivity contribution in [2.24, 2.45) is 5.73 Å². The van der Waals surface area contributed by atoms with Gasteiger partial charge in [-0.3, -0.25) is 0 Å². The monoisotopic (exact) mass is 224 g/mol. The van der Waals surface area contributed by atoms with Gasteiger partial charge in [0.05, 0.1) is 5.92 Å². The summed E-state index contributed by atoms with van der Waals surface area (Å²) in [6.07, 6.45) is -3.06. The van der Waals surface area contributed by atoms with Gasteiger partial charge in [-0.05, 0) is 6.07 Å². The Kier molecular flexibility index (Phi) is 3.34. The van der Waals surface area contributed by atoms with Crippen LogP contribution in [0.2, 0.25) is 5.15 Å². The summed E-state index contributed by atoms with van der Waals surface area (Å²) in [4.78, 5) is 3.57. The van der Waals surface area contributed by atoms with E-state index in [1.807, 2.05) is 0 Å². The zero-order chi connectivity index (χ0) is 10.8. The minimum absolute atomic E-state index is 0.0795. The molecule has 0 amide bonds. The van der Waals surface area contributed by atoms with Crippen LogP contribution in [0.15, 0.2) is 18.3 Å². The predicted molar refractivity (Wildman–Crippen MR) is 47.1 cm³/mol. The van der Waals surface area contributed by atoms with Crippen LogP contribution in [0.1, 0.15) is 11.5 Å². The van der Waals surface area contributed by atoms with Crippen LogP contribution in [0.25, 0.3) is 0 Å². The molecule has 0 bridgehead atoms. The molecule has 0 aromatic carbocycles. The van der Waals surface area contributed by atoms with Crippen LogP contribution < -0.4 is 5.73 Å². The second-order valence-electron chi connectivity index (χ2n) is 2.71. The highest BCUT2D eigenvalue weighted by atomic mass is 35.5. The van der Waals surface area contributed by atoms with Gasteiger partial charge in [-0.1, -0.05) is 17.7 Å². The molecule has 0 spiro atoms. The van der Waals surface area contributed by atoms with E-state index in [2.05, 4.69) is 4.98 Å². The molecule has 0 aliphatic carbocycles. The summed E-state index contributed by atoms with van der Waals surface area (Å²) in [5.41, 5.74) is 4.97. The molecule has 0 aliphatic heterocycles. The van der Waals surface area contributed by atoms with E-state index in [0.29, 0.717) is 0 Å². The molecule has 1 aromatic rings. The fraction of sp³-hybridized carbons (Fsp3) is 0.375. The first-order chi connectivity index (χ1) is 6.46. The largest absolute Gasteiger partial charge is 0.397 e. The van der Waals surface area contributed by atoms with Crippen LogP contribution in [-0.4, -0.2) is 17.7 Å². The Morgan fingerprint density at radius 3 is 2.57 bits per heavy atom. The number of hydrogen-bond acceptors (Lipinski definition) is 2. The number of pyridine rings is 1. The lowest BCUT2D eigenvalue weighted by atomic mass is 10.0. The van der Waals surface area contributed by atoms with Gasteiger partial charge >= 0.3 is 6.18 Å². The van der Waals surface area contributed by atoms with Crippen LogP contribution in [-0.2, 0) is 0 Å². The highest BCUT2D eigenvalue weighted by Crippen LogP contribution is 2.36. The van der Waals surface area contributed by atoms with Crippen molar-refractivity contribution in [3.05, 3.63) is 29.0 Å². The summed E-state index contributed by atoms with van der Waals surface area (Å²) in [6, 6.07) is 2.68. The smallest absolute Gasteiger partial charge is 0.330 e. The fourth-order valence-electron chi connectivity index (χ4n) is 1.10. The van der Waals surface area contributed by atoms with E-state index in [1.54, 1.807) is 0 Å². The number of nitrogens with two attached hydrogens (primary N) is 1. The number of halogens is 4. The first-order valence-corrected chi connectivity index (χ1v) is 4.21. The fourth-order valence-corrected chi connectivity index (χ4v) is 1.35. The number of aromatic nitrogens is 1. The van der Waals surface area contributed by atoms with E-state index >= 15 is 0 Å². The van der Waals surface area contributed by atoms with Gasteiger partial charge in [-0.15, -0.1) is 0 Å². The average Bonchev–Trinajstić information content (AvgIpc) is 2.07. The quantitative estimate of drug-likeness (QED) is 0.784. The zero-order valence-electron chi connectivity index (χ0n) is 7.05. The first kappa shape index (κ1) is 11.3. The summed E-state index contributed by atoms with van der Waals surface area (Å²) in [5, 5.41) is -0.153. The van der Waals surface area contributed by atoms with Crippen molar-refractivity contribution in [2.75, 3.05) is 6.54 Å². The zero-order valence-corrected chi connectivity index (χ0v) is 7.81. The number of hydrogen-bond donors (Lipinski definition) is 1. The maximum absolute atomic E-state index is 12.4. The molecule has 0 fully saturated rings. The summed E-state index contributed by atoms with van der Waals surface area (Å²) < 4.78 is 37.3. The van der Waals surface area contributed by atoms with Crippen LogP contribution in [0, 0.1) is 0 Å². The third-order valence-electron chi connectivity index (χ3n) is 1.79. The van der Waals surface area contributed by atoms with Crippen molar-refractivity contribution < 1.29 is 13.2 Å². The number of alkyl halides is 3. The molecule has 1 heterocycles. The van der Waals surface area contributed by atoms with Crippen LogP contribution in [0.5, 0.6) is 0 Å². The third kappa shape index (κ3) is 2.36. The molecule has 1 atom stereocenters. The molecule has 0 saturated heterocycles. The van der Waals surface area contributed by atoms with E-state index in [1.165, 1.54) is 18.3 Å². The van der Waals surface area contributed by atoms with Crippen LogP contribution in [0.3, 0.4) is 0 Å². The molecule has 14 heavy (non-hydrogen) atoms. The molecule has 0 radical (unpaired) electrons. The second kappa shape index (κ2) is 4.14. The van der Waals surface area contributed by atoms with Gasteiger partial charge in [-0.25, -0.2) is 4.98 Å². The minimum atomic E-state index is -4.39. The van der Waals surface area contributed by atoms with E-state index < -0.39 is 18.6 Å². The topological polar surface area (TPSA) is 38.9 Å². The van der Waals surface area contributed by atoms with Crippen molar-refractivity contribution in [1.29, 1.82) is 0 Å². The Balaban J connectivity index is 3.08. The summed E-state index contributed by atoms with van der Waals surface area (Å²) >= 11 is 5.54. The standard InChI is InChI=1S/C8H8ClF3N2/c9-7-5(2-1-3-14-7)6(4-13)8(10,11)12/h1-3,6H,4,13H2. The molecule has 6 heteroatoms. The van der Waals surface area contributed by atoms with Gasteiger partial charge in [0.2, 0.25) is 0 Å². The lowest BCUT2D eigenvalue weighted by molar-refractivity contribution is -0.148. The molecule has 1 unspecified atom stereocenters. The summed E-state index contributed by atoms with van der Waals surface area (Å²) in [5.74, 6) is -1.75. The maximum Gasteiger partial charge on any atom is 0.397 e. The molecule has 2 N–H and O–H groups in total. The Bertz CT molecular complexity index is 314. The van der Waals surface area contributed by atoms with Gasteiger partial charge in [0.25, 0.3) is 0 Å². The Morgan fingerprint density at radius 2 is 2.14 bits per heavy atom. The lowest BCUT2D eigenvalue weighted by Crippen LogP contribution is -2.28. The van der Waals surface area contributed by atoms with E-state index in [0.717, 1.165) is 0 Å². The van der Waals surface area contributed by atoms with Crippen molar-refractivity contribution >= 4 is 11.6 Å². The molecule has 0 aliphatic rings. The Hall–Kier alpha value is -0.810. The number of nitrogens with zero attached hydrogens (tertiary/aromatic N) is 1. The van der Waals surface area contributed by atoms with Crippen LogP contribution in [0.4, 0.5) is 13.2 Å². The highest BCUT2D eigenvalue weighted by molar-refractivity contribution is 6.30. The molecule has 2 nitrogen and oxygen atoms in total. The van der Waals surface area contributed by atoms with Crippen LogP contribution >= 0.6 is 11.6 Å². The van der Waals surface area contributed by atoms with Crippen molar-refractivity contribution in [1.82, 2.24) is 4.98 Å². The molecular weight excluding hydrogens is 217 g/mol. The highest BCUT2D eigenvalue weighted by Gasteiger charge is 2.40. The predicted octanol–water partition coefficient (Wildman–Crippen LogP) is 2.34. The Labute approximate surface area is 83.9 Å². The first-order valence-electron chi connectivity index (χ1n) is 3.84. The van der Waals surface area contributed by atoms with E-state index in [-0.39, 0.29) is 10.7 Å². The second-order valence-corrected chi connectivity index (χ2v) is 3.07. The van der Waals surface area contributed by atoms with Gasteiger partial charge in [-0.2, -0.15) is 13.2 Å². The molecule has 78 valence electrons. The average molecular weight is 225 g/mol. The summed E-state index contributed by atoms with van der Waals surface area (Å²) in [7, 11) is 0. The van der Waals surface area contributed by atoms with E-state index in [9.17, 15) is 13.2 Å². The molecule has 0 saturated carbocycles. The molecular formula is C8H8ClF3N2. The normalized spacial score (nSPS) is 14.1. The van der Waals surface area contributed by atoms with Crippen molar-refractivity contribution in [3.63, 3.8) is 0 Å².